The highest BCUT2D eigenvalue weighted by Crippen LogP contribution is 2.37. The van der Waals surface area contributed by atoms with Gasteiger partial charge in [0, 0.05) is 5.28 Å². The van der Waals surface area contributed by atoms with Gasteiger partial charge in [-0.2, -0.15) is 0 Å². The molecule has 1 nitrogen and oxygen atoms in total. The molecule has 0 rings (SSSR count). The summed E-state index contributed by atoms with van der Waals surface area (Å²) in [6.07, 6.45) is 0. The predicted molar refractivity (Wildman–Crippen MR) is 37.0 cm³/mol. The van der Waals surface area contributed by atoms with Crippen LogP contribution in [0.15, 0.2) is 0 Å². The molecule has 0 radical (unpaired) electrons. The molecule has 0 unspecified atom stereocenters. The van der Waals surface area contributed by atoms with Crippen LogP contribution in [0.2, 0.25) is 0 Å². The monoisotopic (exact) mass is 119 g/mol. The summed E-state index contributed by atoms with van der Waals surface area (Å²) in [6.45, 7) is 8.52. The van der Waals surface area contributed by atoms with E-state index in [2.05, 4.69) is 27.2 Å². The van der Waals surface area contributed by atoms with Crippen molar-refractivity contribution in [2.24, 2.45) is 5.73 Å². The van der Waals surface area contributed by atoms with Gasteiger partial charge in [-0.15, -0.1) is 0 Å². The molecule has 7 heavy (non-hydrogen) atoms. The summed E-state index contributed by atoms with van der Waals surface area (Å²) in [6, 6.07) is 0. The Balaban J connectivity index is 3.54. The maximum absolute atomic E-state index is 5.71. The molecule has 0 aromatic carbocycles. The van der Waals surface area contributed by atoms with Crippen molar-refractivity contribution < 1.29 is 0 Å². The molecular weight excluding hydrogens is 105 g/mol. The zero-order chi connectivity index (χ0) is 6.08. The maximum Gasteiger partial charge on any atom is 0.0293 e. The molecule has 0 aliphatic carbocycles. The normalized spacial score (nSPS) is 12.9. The van der Waals surface area contributed by atoms with Gasteiger partial charge in [0.05, 0.1) is 0 Å². The number of rotatable bonds is 1. The van der Waals surface area contributed by atoms with Crippen molar-refractivity contribution in [1.82, 2.24) is 0 Å². The van der Waals surface area contributed by atoms with Crippen molar-refractivity contribution in [2.75, 3.05) is 13.3 Å². The van der Waals surface area contributed by atoms with E-state index in [9.17, 15) is 0 Å². The lowest BCUT2D eigenvalue weighted by molar-refractivity contribution is 0.744. The minimum Gasteiger partial charge on any atom is -0.322 e. The first-order chi connectivity index (χ1) is 2.94. The summed E-state index contributed by atoms with van der Waals surface area (Å²) in [7, 11) is 0.0363. The van der Waals surface area contributed by atoms with Crippen molar-refractivity contribution in [3.05, 3.63) is 0 Å². The van der Waals surface area contributed by atoms with Gasteiger partial charge in [-0.25, -0.2) is 0 Å². The molecule has 44 valence electrons. The molecule has 0 atom stereocenters. The Kier molecular flexibility index (Phi) is 2.22. The first-order valence-electron chi connectivity index (χ1n) is 2.41. The minimum atomic E-state index is 0.0363. The molecule has 0 fully saturated rings. The number of hydrogen-bond acceptors (Lipinski definition) is 1. The molecular formula is C5H14NP. The lowest BCUT2D eigenvalue weighted by Gasteiger charge is -2.23. The lowest BCUT2D eigenvalue weighted by atomic mass is 10.4. The topological polar surface area (TPSA) is 26.0 Å². The molecule has 0 bridgehead atoms. The van der Waals surface area contributed by atoms with E-state index >= 15 is 0 Å². The van der Waals surface area contributed by atoms with Crippen LogP contribution in [0.1, 0.15) is 13.8 Å². The first-order valence-corrected chi connectivity index (χ1v) is 4.64. The third-order valence-electron chi connectivity index (χ3n) is 1.15. The number of hydrogen-bond donors (Lipinski definition) is 1. The van der Waals surface area contributed by atoms with Gasteiger partial charge in [0.2, 0.25) is 0 Å². The fourth-order valence-electron chi connectivity index (χ4n) is 0. The van der Waals surface area contributed by atoms with Crippen LogP contribution < -0.4 is 5.73 Å². The van der Waals surface area contributed by atoms with Gasteiger partial charge in [0.25, 0.3) is 0 Å². The molecule has 2 heteroatoms. The van der Waals surface area contributed by atoms with Crippen molar-refractivity contribution in [2.45, 2.75) is 19.1 Å². The second-order valence-electron chi connectivity index (χ2n) is 2.55. The molecule has 0 aliphatic heterocycles. The zero-order valence-electron chi connectivity index (χ0n) is 5.52. The van der Waals surface area contributed by atoms with Gasteiger partial charge in [-0.05, 0) is 27.2 Å². The van der Waals surface area contributed by atoms with Crippen molar-refractivity contribution in [1.29, 1.82) is 0 Å². The lowest BCUT2D eigenvalue weighted by Crippen LogP contribution is -2.28. The van der Waals surface area contributed by atoms with E-state index in [0.29, 0.717) is 0 Å². The van der Waals surface area contributed by atoms with Gasteiger partial charge in [-0.3, -0.25) is 0 Å². The fraction of sp³-hybridized carbons (Fsp3) is 1.00. The van der Waals surface area contributed by atoms with Crippen molar-refractivity contribution in [3.8, 4) is 0 Å². The van der Waals surface area contributed by atoms with Crippen LogP contribution in [0, 0.1) is 0 Å². The van der Waals surface area contributed by atoms with E-state index in [1.807, 2.05) is 0 Å². The van der Waals surface area contributed by atoms with Gasteiger partial charge in [0.1, 0.15) is 0 Å². The minimum absolute atomic E-state index is 0.0363. The Labute approximate surface area is 47.0 Å². The highest BCUT2D eigenvalue weighted by atomic mass is 31.1. The summed E-state index contributed by atoms with van der Waals surface area (Å²) >= 11 is 0. The molecule has 0 aromatic heterocycles. The molecule has 0 heterocycles. The highest BCUT2D eigenvalue weighted by molar-refractivity contribution is 7.57. The quantitative estimate of drug-likeness (QED) is 0.519. The Hall–Kier alpha value is 0.390. The van der Waals surface area contributed by atoms with Crippen molar-refractivity contribution >= 4 is 7.92 Å². The average Bonchev–Trinajstić information content (AvgIpc) is 1.31. The van der Waals surface area contributed by atoms with E-state index in [-0.39, 0.29) is 13.2 Å². The second kappa shape index (κ2) is 2.11. The SMILES string of the molecule is CP(C)C(C)(C)N. The van der Waals surface area contributed by atoms with Crippen LogP contribution in [0.3, 0.4) is 0 Å². The Morgan fingerprint density at radius 1 is 1.29 bits per heavy atom. The smallest absolute Gasteiger partial charge is 0.0293 e. The summed E-state index contributed by atoms with van der Waals surface area (Å²) in [5.74, 6) is 0. The summed E-state index contributed by atoms with van der Waals surface area (Å²) in [5, 5.41) is 0.0648. The van der Waals surface area contributed by atoms with E-state index in [0.717, 1.165) is 0 Å². The third kappa shape index (κ3) is 3.02. The van der Waals surface area contributed by atoms with Crippen LogP contribution in [0.25, 0.3) is 0 Å². The maximum atomic E-state index is 5.71. The molecule has 0 saturated carbocycles. The molecule has 0 spiro atoms. The van der Waals surface area contributed by atoms with Crippen molar-refractivity contribution in [3.63, 3.8) is 0 Å². The van der Waals surface area contributed by atoms with E-state index in [1.54, 1.807) is 0 Å². The second-order valence-corrected chi connectivity index (χ2v) is 5.49. The Morgan fingerprint density at radius 3 is 1.43 bits per heavy atom. The van der Waals surface area contributed by atoms with Crippen LogP contribution in [0.5, 0.6) is 0 Å². The summed E-state index contributed by atoms with van der Waals surface area (Å²) in [4.78, 5) is 0. The number of nitrogens with two attached hydrogens (primary N) is 1. The highest BCUT2D eigenvalue weighted by Gasteiger charge is 2.13. The third-order valence-corrected chi connectivity index (χ3v) is 3.46. The van der Waals surface area contributed by atoms with E-state index in [4.69, 9.17) is 5.73 Å². The van der Waals surface area contributed by atoms with Crippen LogP contribution in [-0.2, 0) is 0 Å². The standard InChI is InChI=1S/C5H14NP/c1-5(2,6)7(3)4/h6H2,1-4H3. The predicted octanol–water partition coefficient (Wildman–Crippen LogP) is 1.42. The fourth-order valence-corrected chi connectivity index (χ4v) is 0. The van der Waals surface area contributed by atoms with Crippen LogP contribution >= 0.6 is 7.92 Å². The molecule has 0 aromatic rings. The largest absolute Gasteiger partial charge is 0.322 e. The Bertz CT molecular complexity index is 53.6. The molecule has 0 aliphatic rings. The van der Waals surface area contributed by atoms with Gasteiger partial charge >= 0.3 is 0 Å². The Morgan fingerprint density at radius 2 is 1.43 bits per heavy atom. The van der Waals surface area contributed by atoms with Gasteiger partial charge < -0.3 is 5.73 Å². The first kappa shape index (κ1) is 7.39. The summed E-state index contributed by atoms with van der Waals surface area (Å²) < 4.78 is 0. The van der Waals surface area contributed by atoms with Gasteiger partial charge in [-0.1, -0.05) is 7.92 Å². The molecule has 2 N–H and O–H groups in total. The van der Waals surface area contributed by atoms with E-state index < -0.39 is 0 Å². The molecule has 0 amide bonds. The summed E-state index contributed by atoms with van der Waals surface area (Å²) in [5.41, 5.74) is 5.71. The van der Waals surface area contributed by atoms with Crippen LogP contribution in [-0.4, -0.2) is 18.6 Å². The average molecular weight is 119 g/mol. The van der Waals surface area contributed by atoms with Gasteiger partial charge in [0.15, 0.2) is 0 Å². The molecule has 0 saturated heterocycles. The van der Waals surface area contributed by atoms with Crippen LogP contribution in [0.4, 0.5) is 0 Å². The zero-order valence-corrected chi connectivity index (χ0v) is 6.42. The van der Waals surface area contributed by atoms with E-state index in [1.165, 1.54) is 0 Å².